The van der Waals surface area contributed by atoms with E-state index in [9.17, 15) is 9.59 Å². The van der Waals surface area contributed by atoms with Crippen LogP contribution in [-0.2, 0) is 4.79 Å². The predicted octanol–water partition coefficient (Wildman–Crippen LogP) is 2.12. The molecule has 1 aromatic carbocycles. The van der Waals surface area contributed by atoms with E-state index in [1.807, 2.05) is 24.3 Å². The summed E-state index contributed by atoms with van der Waals surface area (Å²) in [6.07, 6.45) is 4.21. The van der Waals surface area contributed by atoms with E-state index in [0.29, 0.717) is 17.6 Å². The monoisotopic (exact) mass is 329 g/mol. The molecule has 2 aliphatic heterocycles. The van der Waals surface area contributed by atoms with Gasteiger partial charge >= 0.3 is 0 Å². The Morgan fingerprint density at radius 1 is 1.39 bits per heavy atom. The summed E-state index contributed by atoms with van der Waals surface area (Å²) in [6.45, 7) is 0. The van der Waals surface area contributed by atoms with Crippen molar-refractivity contribution in [1.29, 1.82) is 0 Å². The van der Waals surface area contributed by atoms with Crippen molar-refractivity contribution in [3.8, 4) is 0 Å². The second-order valence-electron chi connectivity index (χ2n) is 6.42. The lowest BCUT2D eigenvalue weighted by Gasteiger charge is -2.21. The summed E-state index contributed by atoms with van der Waals surface area (Å²) in [6, 6.07) is 8.92. The summed E-state index contributed by atoms with van der Waals surface area (Å²) in [5.74, 6) is -0.0114. The van der Waals surface area contributed by atoms with E-state index in [-0.39, 0.29) is 11.9 Å². The van der Waals surface area contributed by atoms with Crippen LogP contribution in [0.25, 0.3) is 10.1 Å². The molecule has 0 aliphatic carbocycles. The molecule has 23 heavy (non-hydrogen) atoms. The number of carbonyl (C=O) groups is 2. The van der Waals surface area contributed by atoms with Crippen molar-refractivity contribution >= 4 is 38.7 Å². The number of nitrogens with one attached hydrogen (secondary N) is 2. The van der Waals surface area contributed by atoms with Crippen molar-refractivity contribution in [2.45, 2.75) is 37.4 Å². The predicted molar refractivity (Wildman–Crippen MR) is 92.1 cm³/mol. The summed E-state index contributed by atoms with van der Waals surface area (Å²) in [4.78, 5) is 24.9. The molecular formula is C17H19N3O2S. The van der Waals surface area contributed by atoms with Gasteiger partial charge in [-0.1, -0.05) is 0 Å². The van der Waals surface area contributed by atoms with Gasteiger partial charge in [0.15, 0.2) is 0 Å². The fourth-order valence-electron chi connectivity index (χ4n) is 3.63. The van der Waals surface area contributed by atoms with Crippen molar-refractivity contribution in [3.05, 3.63) is 29.8 Å². The SMILES string of the molecule is CN(C=O)c1cc2cc(C(=O)N[C@@H]3C[C@H]4CC[C@@H]3N4)ccc2s1. The van der Waals surface area contributed by atoms with Crippen molar-refractivity contribution < 1.29 is 9.59 Å². The van der Waals surface area contributed by atoms with Crippen LogP contribution >= 0.6 is 11.3 Å². The van der Waals surface area contributed by atoms with E-state index in [4.69, 9.17) is 0 Å². The van der Waals surface area contributed by atoms with Crippen LogP contribution in [0.2, 0.25) is 0 Å². The number of hydrogen-bond acceptors (Lipinski definition) is 4. The van der Waals surface area contributed by atoms with Gasteiger partial charge in [-0.2, -0.15) is 0 Å². The molecule has 5 nitrogen and oxygen atoms in total. The van der Waals surface area contributed by atoms with E-state index < -0.39 is 0 Å². The highest BCUT2D eigenvalue weighted by Gasteiger charge is 2.39. The average Bonchev–Trinajstić information content (AvgIpc) is 3.27. The zero-order chi connectivity index (χ0) is 16.0. The summed E-state index contributed by atoms with van der Waals surface area (Å²) >= 11 is 1.55. The Morgan fingerprint density at radius 3 is 2.96 bits per heavy atom. The maximum atomic E-state index is 12.5. The minimum absolute atomic E-state index is 0.0114. The van der Waals surface area contributed by atoms with Crippen LogP contribution < -0.4 is 15.5 Å². The number of rotatable bonds is 4. The number of anilines is 1. The molecule has 0 unspecified atom stereocenters. The molecule has 2 aromatic rings. The first-order valence-corrected chi connectivity index (χ1v) is 8.74. The molecule has 3 atom stereocenters. The number of nitrogens with zero attached hydrogens (tertiary/aromatic N) is 1. The second kappa shape index (κ2) is 5.62. The van der Waals surface area contributed by atoms with Crippen LogP contribution in [0.4, 0.5) is 5.00 Å². The smallest absolute Gasteiger partial charge is 0.251 e. The molecular weight excluding hydrogens is 310 g/mol. The molecule has 0 saturated carbocycles. The summed E-state index contributed by atoms with van der Waals surface area (Å²) < 4.78 is 1.08. The Labute approximate surface area is 138 Å². The summed E-state index contributed by atoms with van der Waals surface area (Å²) in [7, 11) is 1.73. The number of amides is 2. The van der Waals surface area contributed by atoms with Gasteiger partial charge in [0.25, 0.3) is 5.91 Å². The molecule has 2 saturated heterocycles. The lowest BCUT2D eigenvalue weighted by Crippen LogP contribution is -2.42. The molecule has 2 amide bonds. The normalized spacial score (nSPS) is 25.7. The molecule has 3 heterocycles. The van der Waals surface area contributed by atoms with Crippen LogP contribution in [0, 0.1) is 0 Å². The van der Waals surface area contributed by atoms with Crippen LogP contribution in [-0.4, -0.2) is 37.5 Å². The molecule has 120 valence electrons. The fourth-order valence-corrected chi connectivity index (χ4v) is 4.60. The molecule has 6 heteroatoms. The zero-order valence-electron chi connectivity index (χ0n) is 12.9. The van der Waals surface area contributed by atoms with Crippen molar-refractivity contribution in [2.24, 2.45) is 0 Å². The standard InChI is InChI=1S/C17H19N3O2S/c1-20(9-21)16-7-11-6-10(2-5-15(11)23-16)17(22)19-14-8-12-3-4-13(14)18-12/h2,5-7,9,12-14,18H,3-4,8H2,1H3,(H,19,22)/t12-,13+,14-/m1/s1. The lowest BCUT2D eigenvalue weighted by atomic mass is 9.95. The Balaban J connectivity index is 1.54. The van der Waals surface area contributed by atoms with Gasteiger partial charge in [-0.05, 0) is 48.9 Å². The van der Waals surface area contributed by atoms with Crippen molar-refractivity contribution in [2.75, 3.05) is 11.9 Å². The first-order valence-electron chi connectivity index (χ1n) is 7.92. The molecule has 4 rings (SSSR count). The quantitative estimate of drug-likeness (QED) is 0.845. The van der Waals surface area contributed by atoms with Crippen molar-refractivity contribution in [3.63, 3.8) is 0 Å². The van der Waals surface area contributed by atoms with Gasteiger partial charge in [-0.3, -0.25) is 9.59 Å². The van der Waals surface area contributed by atoms with Gasteiger partial charge in [0.1, 0.15) is 0 Å². The molecule has 2 bridgehead atoms. The van der Waals surface area contributed by atoms with E-state index in [2.05, 4.69) is 10.6 Å². The van der Waals surface area contributed by atoms with Gasteiger partial charge < -0.3 is 15.5 Å². The zero-order valence-corrected chi connectivity index (χ0v) is 13.7. The average molecular weight is 329 g/mol. The largest absolute Gasteiger partial charge is 0.348 e. The summed E-state index contributed by atoms with van der Waals surface area (Å²) in [5, 5.41) is 8.58. The Morgan fingerprint density at radius 2 is 2.26 bits per heavy atom. The number of fused-ring (bicyclic) bond motifs is 3. The maximum Gasteiger partial charge on any atom is 0.251 e. The lowest BCUT2D eigenvalue weighted by molar-refractivity contribution is -0.107. The van der Waals surface area contributed by atoms with E-state index in [1.54, 1.807) is 23.3 Å². The highest BCUT2D eigenvalue weighted by Crippen LogP contribution is 2.32. The first-order chi connectivity index (χ1) is 11.1. The summed E-state index contributed by atoms with van der Waals surface area (Å²) in [5.41, 5.74) is 0.679. The third-order valence-electron chi connectivity index (χ3n) is 4.89. The van der Waals surface area contributed by atoms with Gasteiger partial charge in [0.05, 0.1) is 5.00 Å². The van der Waals surface area contributed by atoms with Gasteiger partial charge in [0.2, 0.25) is 6.41 Å². The first kappa shape index (κ1) is 14.7. The Bertz CT molecular complexity index is 772. The second-order valence-corrected chi connectivity index (χ2v) is 7.48. The molecule has 2 fully saturated rings. The van der Waals surface area contributed by atoms with Crippen LogP contribution in [0.1, 0.15) is 29.6 Å². The third-order valence-corrected chi connectivity index (χ3v) is 6.09. The minimum Gasteiger partial charge on any atom is -0.348 e. The highest BCUT2D eigenvalue weighted by molar-refractivity contribution is 7.22. The number of benzene rings is 1. The van der Waals surface area contributed by atoms with Gasteiger partial charge in [-0.15, -0.1) is 11.3 Å². The number of hydrogen-bond donors (Lipinski definition) is 2. The van der Waals surface area contributed by atoms with E-state index in [1.165, 1.54) is 6.42 Å². The van der Waals surface area contributed by atoms with E-state index >= 15 is 0 Å². The molecule has 2 N–H and O–H groups in total. The van der Waals surface area contributed by atoms with Gasteiger partial charge in [0, 0.05) is 35.4 Å². The molecule has 0 spiro atoms. The van der Waals surface area contributed by atoms with Crippen molar-refractivity contribution in [1.82, 2.24) is 10.6 Å². The van der Waals surface area contributed by atoms with Crippen LogP contribution in [0.3, 0.4) is 0 Å². The van der Waals surface area contributed by atoms with Gasteiger partial charge in [-0.25, -0.2) is 0 Å². The topological polar surface area (TPSA) is 61.4 Å². The minimum atomic E-state index is -0.0114. The Hall–Kier alpha value is -1.92. The maximum absolute atomic E-state index is 12.5. The molecule has 0 radical (unpaired) electrons. The molecule has 1 aromatic heterocycles. The molecule has 2 aliphatic rings. The van der Waals surface area contributed by atoms with E-state index in [0.717, 1.165) is 34.3 Å². The number of thiophene rings is 1. The van der Waals surface area contributed by atoms with Crippen LogP contribution in [0.15, 0.2) is 24.3 Å². The Kier molecular flexibility index (Phi) is 3.58. The third kappa shape index (κ3) is 2.62. The highest BCUT2D eigenvalue weighted by atomic mass is 32.1. The number of carbonyl (C=O) groups excluding carboxylic acids is 2. The fraction of sp³-hybridized carbons (Fsp3) is 0.412. The van der Waals surface area contributed by atoms with Crippen LogP contribution in [0.5, 0.6) is 0 Å².